The van der Waals surface area contributed by atoms with Crippen LogP contribution in [0.2, 0.25) is 0 Å². The molecule has 0 saturated heterocycles. The van der Waals surface area contributed by atoms with Crippen LogP contribution in [-0.4, -0.2) is 12.3 Å². The molecule has 2 heteroatoms. The van der Waals surface area contributed by atoms with E-state index >= 15 is 0 Å². The second-order valence-corrected chi connectivity index (χ2v) is 5.98. The number of hydrogen-bond donors (Lipinski definition) is 1. The molecule has 0 radical (unpaired) electrons. The van der Waals surface area contributed by atoms with Crippen molar-refractivity contribution in [2.45, 2.75) is 50.5 Å². The molecule has 0 unspecified atom stereocenters. The minimum Gasteiger partial charge on any atom is -0.313 e. The van der Waals surface area contributed by atoms with Crippen LogP contribution in [0, 0.1) is 0 Å². The number of unbranched alkanes of at least 4 members (excludes halogenated alkanes) is 3. The van der Waals surface area contributed by atoms with Gasteiger partial charge in [-0.2, -0.15) is 0 Å². The summed E-state index contributed by atoms with van der Waals surface area (Å²) in [6.45, 7) is 8.03. The van der Waals surface area contributed by atoms with Gasteiger partial charge in [0, 0.05) is 11.4 Å². The molecule has 1 aromatic rings. The van der Waals surface area contributed by atoms with Crippen molar-refractivity contribution in [3.8, 4) is 0 Å². The highest BCUT2D eigenvalue weighted by Gasteiger charge is 1.96. The number of benzene rings is 1. The highest BCUT2D eigenvalue weighted by atomic mass is 32.2. The first kappa shape index (κ1) is 16.3. The summed E-state index contributed by atoms with van der Waals surface area (Å²) in [5.74, 6) is 1.23. The predicted octanol–water partition coefficient (Wildman–Crippen LogP) is 5.02. The average Bonchev–Trinajstić information content (AvgIpc) is 2.44. The first-order valence-corrected chi connectivity index (χ1v) is 8.38. The van der Waals surface area contributed by atoms with Crippen molar-refractivity contribution in [3.05, 3.63) is 42.5 Å². The van der Waals surface area contributed by atoms with Gasteiger partial charge in [0.15, 0.2) is 0 Å². The molecule has 1 nitrogen and oxygen atoms in total. The molecule has 1 rings (SSSR count). The summed E-state index contributed by atoms with van der Waals surface area (Å²) in [6.07, 6.45) is 8.27. The van der Waals surface area contributed by atoms with Gasteiger partial charge in [0.25, 0.3) is 0 Å². The standard InChI is InChI=1S/C17H27NS/c1-3-5-6-7-8-14-19-17-11-9-16(10-12-17)15-18-13-4-2/h3,9-12,18H,1,4-8,13-15H2,2H3. The fraction of sp³-hybridized carbons (Fsp3) is 0.529. The number of nitrogens with one attached hydrogen (secondary N) is 1. The third-order valence-electron chi connectivity index (χ3n) is 3.00. The number of rotatable bonds is 11. The van der Waals surface area contributed by atoms with E-state index in [2.05, 4.69) is 43.1 Å². The second-order valence-electron chi connectivity index (χ2n) is 4.81. The van der Waals surface area contributed by atoms with Crippen LogP contribution in [-0.2, 0) is 6.54 Å². The van der Waals surface area contributed by atoms with Gasteiger partial charge in [-0.15, -0.1) is 18.3 Å². The Morgan fingerprint density at radius 2 is 1.95 bits per heavy atom. The minimum absolute atomic E-state index is 0.986. The lowest BCUT2D eigenvalue weighted by Gasteiger charge is -2.05. The largest absolute Gasteiger partial charge is 0.313 e. The molecule has 19 heavy (non-hydrogen) atoms. The quantitative estimate of drug-likeness (QED) is 0.346. The zero-order valence-corrected chi connectivity index (χ0v) is 13.0. The van der Waals surface area contributed by atoms with Crippen molar-refractivity contribution in [2.24, 2.45) is 0 Å². The maximum Gasteiger partial charge on any atom is 0.0205 e. The van der Waals surface area contributed by atoms with E-state index in [1.807, 2.05) is 17.8 Å². The normalized spacial score (nSPS) is 10.6. The third kappa shape index (κ3) is 8.12. The van der Waals surface area contributed by atoms with Crippen molar-refractivity contribution >= 4 is 11.8 Å². The summed E-state index contributed by atoms with van der Waals surface area (Å²) in [7, 11) is 0. The van der Waals surface area contributed by atoms with Crippen molar-refractivity contribution in [3.63, 3.8) is 0 Å². The summed E-state index contributed by atoms with van der Waals surface area (Å²) < 4.78 is 0. The Kier molecular flexibility index (Phi) is 9.56. The molecule has 0 atom stereocenters. The molecule has 1 N–H and O–H groups in total. The van der Waals surface area contributed by atoms with Gasteiger partial charge < -0.3 is 5.32 Å². The first-order valence-electron chi connectivity index (χ1n) is 7.40. The Bertz CT molecular complexity index is 332. The van der Waals surface area contributed by atoms with Crippen LogP contribution >= 0.6 is 11.8 Å². The van der Waals surface area contributed by atoms with E-state index in [9.17, 15) is 0 Å². The molecule has 0 saturated carbocycles. The lowest BCUT2D eigenvalue weighted by molar-refractivity contribution is 0.675. The van der Waals surface area contributed by atoms with E-state index in [1.165, 1.54) is 41.9 Å². The van der Waals surface area contributed by atoms with Crippen LogP contribution in [0.3, 0.4) is 0 Å². The molecule has 0 aliphatic carbocycles. The van der Waals surface area contributed by atoms with Crippen LogP contribution < -0.4 is 5.32 Å². The Balaban J connectivity index is 2.15. The third-order valence-corrected chi connectivity index (χ3v) is 4.10. The van der Waals surface area contributed by atoms with E-state index < -0.39 is 0 Å². The molecule has 0 aromatic heterocycles. The molecule has 0 amide bonds. The predicted molar refractivity (Wildman–Crippen MR) is 87.8 cm³/mol. The SMILES string of the molecule is C=CCCCCCSc1ccc(CNCCC)cc1. The topological polar surface area (TPSA) is 12.0 Å². The molecule has 1 aromatic carbocycles. The highest BCUT2D eigenvalue weighted by Crippen LogP contribution is 2.20. The zero-order chi connectivity index (χ0) is 13.8. The lowest BCUT2D eigenvalue weighted by atomic mass is 10.2. The van der Waals surface area contributed by atoms with E-state index in [0.29, 0.717) is 0 Å². The molecule has 0 aliphatic rings. The molecule has 0 aliphatic heterocycles. The van der Waals surface area contributed by atoms with Gasteiger partial charge >= 0.3 is 0 Å². The van der Waals surface area contributed by atoms with Crippen molar-refractivity contribution in [1.29, 1.82) is 0 Å². The average molecular weight is 277 g/mol. The maximum absolute atomic E-state index is 3.75. The van der Waals surface area contributed by atoms with E-state index in [1.54, 1.807) is 0 Å². The summed E-state index contributed by atoms with van der Waals surface area (Å²) in [4.78, 5) is 1.39. The van der Waals surface area contributed by atoms with Gasteiger partial charge in [-0.25, -0.2) is 0 Å². The zero-order valence-electron chi connectivity index (χ0n) is 12.2. The molecular formula is C17H27NS. The Hall–Kier alpha value is -0.730. The van der Waals surface area contributed by atoms with E-state index in [4.69, 9.17) is 0 Å². The van der Waals surface area contributed by atoms with Crippen LogP contribution in [0.15, 0.2) is 41.8 Å². The molecular weight excluding hydrogens is 250 g/mol. The number of allylic oxidation sites excluding steroid dienone is 1. The smallest absolute Gasteiger partial charge is 0.0205 e. The van der Waals surface area contributed by atoms with Crippen molar-refractivity contribution < 1.29 is 0 Å². The molecule has 0 bridgehead atoms. The van der Waals surface area contributed by atoms with Crippen molar-refractivity contribution in [1.82, 2.24) is 5.32 Å². The highest BCUT2D eigenvalue weighted by molar-refractivity contribution is 7.99. The van der Waals surface area contributed by atoms with Gasteiger partial charge in [0.05, 0.1) is 0 Å². The van der Waals surface area contributed by atoms with Gasteiger partial charge in [0.2, 0.25) is 0 Å². The fourth-order valence-electron chi connectivity index (χ4n) is 1.87. The molecule has 106 valence electrons. The molecule has 0 fully saturated rings. The Morgan fingerprint density at radius 3 is 2.63 bits per heavy atom. The first-order chi connectivity index (χ1) is 9.36. The Morgan fingerprint density at radius 1 is 1.16 bits per heavy atom. The summed E-state index contributed by atoms with van der Waals surface area (Å²) in [5.41, 5.74) is 1.38. The molecule has 0 heterocycles. The van der Waals surface area contributed by atoms with Crippen LogP contribution in [0.4, 0.5) is 0 Å². The van der Waals surface area contributed by atoms with Gasteiger partial charge in [-0.05, 0) is 55.7 Å². The second kappa shape index (κ2) is 11.1. The maximum atomic E-state index is 3.75. The summed E-state index contributed by atoms with van der Waals surface area (Å²) in [5, 5.41) is 3.43. The van der Waals surface area contributed by atoms with E-state index in [-0.39, 0.29) is 0 Å². The minimum atomic E-state index is 0.986. The lowest BCUT2D eigenvalue weighted by Crippen LogP contribution is -2.13. The molecule has 0 spiro atoms. The fourth-order valence-corrected chi connectivity index (χ4v) is 2.78. The number of thioether (sulfide) groups is 1. The van der Waals surface area contributed by atoms with Gasteiger partial charge in [0.1, 0.15) is 0 Å². The summed E-state index contributed by atoms with van der Waals surface area (Å²) in [6, 6.07) is 8.97. The van der Waals surface area contributed by atoms with Gasteiger partial charge in [-0.3, -0.25) is 0 Å². The van der Waals surface area contributed by atoms with E-state index in [0.717, 1.165) is 19.5 Å². The van der Waals surface area contributed by atoms with Crippen LogP contribution in [0.25, 0.3) is 0 Å². The van der Waals surface area contributed by atoms with Gasteiger partial charge in [-0.1, -0.05) is 31.6 Å². The Labute approximate surface area is 122 Å². The monoisotopic (exact) mass is 277 g/mol. The van der Waals surface area contributed by atoms with Crippen LogP contribution in [0.5, 0.6) is 0 Å². The number of hydrogen-bond acceptors (Lipinski definition) is 2. The van der Waals surface area contributed by atoms with Crippen LogP contribution in [0.1, 0.15) is 44.6 Å². The van der Waals surface area contributed by atoms with Crippen molar-refractivity contribution in [2.75, 3.05) is 12.3 Å². The summed E-state index contributed by atoms with van der Waals surface area (Å²) >= 11 is 1.97.